The summed E-state index contributed by atoms with van der Waals surface area (Å²) in [6.45, 7) is 6.29. The lowest BCUT2D eigenvalue weighted by molar-refractivity contribution is -0.137. The third-order valence-corrected chi connectivity index (χ3v) is 6.65. The Labute approximate surface area is 221 Å². The molecule has 1 aromatic heterocycles. The molecule has 37 heavy (non-hydrogen) atoms. The molecule has 0 spiro atoms. The van der Waals surface area contributed by atoms with Crippen molar-refractivity contribution in [2.75, 3.05) is 18.4 Å². The van der Waals surface area contributed by atoms with E-state index < -0.39 is 29.3 Å². The minimum Gasteiger partial charge on any atom is -0.444 e. The second-order valence-corrected chi connectivity index (χ2v) is 10.6. The van der Waals surface area contributed by atoms with Crippen molar-refractivity contribution in [3.05, 3.63) is 59.2 Å². The zero-order chi connectivity index (χ0) is 27.0. The standard InChI is InChI=1S/C26H28BrF3N4O3/c1-25(2,3)37-24(36)33-11-5-8-19(15-33)34-21-10-9-16(14-27)12-20(21)31-23(34)32-22(35)17-6-4-7-18(13-17)26(28,29)30/h4,6-7,9-10,12-13,19H,5,8,11,14-15H2,1-3H3,(H,31,32,35)/t19-/m1/s1. The number of amides is 2. The number of fused-ring (bicyclic) bond motifs is 1. The largest absolute Gasteiger partial charge is 0.444 e. The molecule has 2 amide bonds. The van der Waals surface area contributed by atoms with E-state index in [2.05, 4.69) is 26.2 Å². The Morgan fingerprint density at radius 1 is 1.16 bits per heavy atom. The molecule has 2 heterocycles. The highest BCUT2D eigenvalue weighted by Gasteiger charge is 2.32. The Morgan fingerprint density at radius 3 is 2.59 bits per heavy atom. The van der Waals surface area contributed by atoms with E-state index in [4.69, 9.17) is 4.74 Å². The van der Waals surface area contributed by atoms with Crippen molar-refractivity contribution in [1.82, 2.24) is 14.5 Å². The Bertz CT molecular complexity index is 1320. The van der Waals surface area contributed by atoms with Gasteiger partial charge in [-0.3, -0.25) is 10.1 Å². The van der Waals surface area contributed by atoms with E-state index in [-0.39, 0.29) is 17.6 Å². The molecule has 3 aromatic rings. The first-order valence-corrected chi connectivity index (χ1v) is 13.0. The third-order valence-electron chi connectivity index (χ3n) is 6.00. The van der Waals surface area contributed by atoms with Crippen LogP contribution in [0.1, 0.15) is 61.1 Å². The maximum atomic E-state index is 13.2. The van der Waals surface area contributed by atoms with Crippen LogP contribution in [0.15, 0.2) is 42.5 Å². The fraction of sp³-hybridized carbons (Fsp3) is 0.423. The lowest BCUT2D eigenvalue weighted by Gasteiger charge is -2.35. The number of benzene rings is 2. The van der Waals surface area contributed by atoms with E-state index in [0.717, 1.165) is 29.6 Å². The summed E-state index contributed by atoms with van der Waals surface area (Å²) in [6, 6.07) is 9.74. The van der Waals surface area contributed by atoms with Crippen LogP contribution in [0.5, 0.6) is 0 Å². The van der Waals surface area contributed by atoms with Crippen molar-refractivity contribution in [2.45, 2.75) is 56.8 Å². The number of anilines is 1. The maximum absolute atomic E-state index is 13.2. The fourth-order valence-electron chi connectivity index (χ4n) is 4.35. The Kier molecular flexibility index (Phi) is 7.55. The average Bonchev–Trinajstić information content (AvgIpc) is 3.19. The van der Waals surface area contributed by atoms with Gasteiger partial charge >= 0.3 is 12.3 Å². The van der Waals surface area contributed by atoms with Gasteiger partial charge in [-0.1, -0.05) is 28.1 Å². The van der Waals surface area contributed by atoms with Crippen LogP contribution in [0.4, 0.5) is 23.9 Å². The first-order chi connectivity index (χ1) is 17.4. The van der Waals surface area contributed by atoms with E-state index in [1.807, 2.05) is 22.8 Å². The summed E-state index contributed by atoms with van der Waals surface area (Å²) < 4.78 is 47.0. The van der Waals surface area contributed by atoms with Crippen LogP contribution in [0, 0.1) is 0 Å². The fourth-order valence-corrected chi connectivity index (χ4v) is 4.70. The summed E-state index contributed by atoms with van der Waals surface area (Å²) >= 11 is 3.43. The number of ether oxygens (including phenoxy) is 1. The Morgan fingerprint density at radius 2 is 1.92 bits per heavy atom. The van der Waals surface area contributed by atoms with E-state index in [1.54, 1.807) is 25.7 Å². The van der Waals surface area contributed by atoms with Gasteiger partial charge in [0.05, 0.1) is 22.6 Å². The second kappa shape index (κ2) is 10.4. The molecule has 1 aliphatic rings. The molecule has 7 nitrogen and oxygen atoms in total. The molecule has 0 radical (unpaired) electrons. The number of hydrogen-bond donors (Lipinski definition) is 1. The predicted molar refractivity (Wildman–Crippen MR) is 138 cm³/mol. The third kappa shape index (κ3) is 6.26. The minimum atomic E-state index is -4.57. The van der Waals surface area contributed by atoms with Crippen LogP contribution >= 0.6 is 15.9 Å². The highest BCUT2D eigenvalue weighted by molar-refractivity contribution is 9.08. The quantitative estimate of drug-likeness (QED) is 0.345. The first kappa shape index (κ1) is 27.0. The maximum Gasteiger partial charge on any atom is 0.416 e. The van der Waals surface area contributed by atoms with Gasteiger partial charge < -0.3 is 14.2 Å². The van der Waals surface area contributed by atoms with Crippen LogP contribution in [-0.2, 0) is 16.2 Å². The summed E-state index contributed by atoms with van der Waals surface area (Å²) in [4.78, 5) is 32.0. The van der Waals surface area contributed by atoms with Crippen LogP contribution in [0.2, 0.25) is 0 Å². The highest BCUT2D eigenvalue weighted by atomic mass is 79.9. The van der Waals surface area contributed by atoms with Crippen molar-refractivity contribution in [1.29, 1.82) is 0 Å². The number of rotatable bonds is 4. The number of aromatic nitrogens is 2. The molecule has 0 aliphatic carbocycles. The van der Waals surface area contributed by atoms with Gasteiger partial charge in [0.1, 0.15) is 5.60 Å². The van der Waals surface area contributed by atoms with Gasteiger partial charge in [0, 0.05) is 24.0 Å². The monoisotopic (exact) mass is 580 g/mol. The molecule has 0 bridgehead atoms. The minimum absolute atomic E-state index is 0.131. The lowest BCUT2D eigenvalue weighted by atomic mass is 10.1. The summed E-state index contributed by atoms with van der Waals surface area (Å²) in [7, 11) is 0. The molecule has 11 heteroatoms. The number of halogens is 4. The molecule has 1 aliphatic heterocycles. The van der Waals surface area contributed by atoms with Crippen LogP contribution in [0.25, 0.3) is 11.0 Å². The van der Waals surface area contributed by atoms with Gasteiger partial charge in [-0.05, 0) is 69.5 Å². The average molecular weight is 581 g/mol. The number of carbonyl (C=O) groups is 2. The van der Waals surface area contributed by atoms with E-state index in [0.29, 0.717) is 30.4 Å². The Balaban J connectivity index is 1.69. The molecular weight excluding hydrogens is 553 g/mol. The summed E-state index contributed by atoms with van der Waals surface area (Å²) in [6.07, 6.45) is -3.55. The summed E-state index contributed by atoms with van der Waals surface area (Å²) in [5, 5.41) is 3.32. The smallest absolute Gasteiger partial charge is 0.416 e. The van der Waals surface area contributed by atoms with Crippen molar-refractivity contribution in [3.8, 4) is 0 Å². The summed E-state index contributed by atoms with van der Waals surface area (Å²) in [5.74, 6) is -0.497. The number of piperidine rings is 1. The van der Waals surface area contributed by atoms with Crippen molar-refractivity contribution < 1.29 is 27.5 Å². The predicted octanol–water partition coefficient (Wildman–Crippen LogP) is 6.77. The SMILES string of the molecule is CC(C)(C)OC(=O)N1CCC[C@@H](n2c(NC(=O)c3cccc(C(F)(F)F)c3)nc3cc(CBr)ccc32)C1. The summed E-state index contributed by atoms with van der Waals surface area (Å²) in [5.41, 5.74) is 0.684. The molecule has 1 atom stereocenters. The first-order valence-electron chi connectivity index (χ1n) is 11.9. The van der Waals surface area contributed by atoms with Crippen molar-refractivity contribution in [3.63, 3.8) is 0 Å². The van der Waals surface area contributed by atoms with Gasteiger partial charge in [0.2, 0.25) is 5.95 Å². The number of alkyl halides is 4. The molecule has 4 rings (SSSR count). The van der Waals surface area contributed by atoms with Crippen molar-refractivity contribution in [2.24, 2.45) is 0 Å². The molecule has 1 N–H and O–H groups in total. The topological polar surface area (TPSA) is 76.5 Å². The van der Waals surface area contributed by atoms with Crippen LogP contribution in [0.3, 0.4) is 0 Å². The van der Waals surface area contributed by atoms with E-state index in [9.17, 15) is 22.8 Å². The van der Waals surface area contributed by atoms with E-state index >= 15 is 0 Å². The van der Waals surface area contributed by atoms with Gasteiger partial charge in [0.25, 0.3) is 5.91 Å². The number of nitrogens with one attached hydrogen (secondary N) is 1. The zero-order valence-electron chi connectivity index (χ0n) is 20.7. The number of hydrogen-bond acceptors (Lipinski definition) is 4. The van der Waals surface area contributed by atoms with Gasteiger partial charge in [-0.25, -0.2) is 9.78 Å². The van der Waals surface area contributed by atoms with Crippen LogP contribution in [-0.4, -0.2) is 45.1 Å². The number of imidazole rings is 1. The molecule has 2 aromatic carbocycles. The molecule has 0 saturated carbocycles. The second-order valence-electron chi connectivity index (χ2n) is 10.0. The number of carbonyl (C=O) groups excluding carboxylic acids is 2. The molecule has 1 saturated heterocycles. The molecule has 1 fully saturated rings. The lowest BCUT2D eigenvalue weighted by Crippen LogP contribution is -2.43. The Hall–Kier alpha value is -3.08. The molecule has 198 valence electrons. The van der Waals surface area contributed by atoms with Gasteiger partial charge in [-0.15, -0.1) is 0 Å². The number of likely N-dealkylation sites (tertiary alicyclic amines) is 1. The van der Waals surface area contributed by atoms with Crippen LogP contribution < -0.4 is 5.32 Å². The molecule has 0 unspecified atom stereocenters. The van der Waals surface area contributed by atoms with Gasteiger partial charge in [0.15, 0.2) is 0 Å². The normalized spacial score (nSPS) is 16.6. The van der Waals surface area contributed by atoms with Gasteiger partial charge in [-0.2, -0.15) is 13.2 Å². The van der Waals surface area contributed by atoms with E-state index in [1.165, 1.54) is 12.1 Å². The zero-order valence-corrected chi connectivity index (χ0v) is 22.3. The highest BCUT2D eigenvalue weighted by Crippen LogP contribution is 2.33. The molecular formula is C26H28BrF3N4O3. The van der Waals surface area contributed by atoms with Crippen molar-refractivity contribution >= 4 is 44.9 Å². The number of nitrogens with zero attached hydrogens (tertiary/aromatic N) is 3.